The van der Waals surface area contributed by atoms with E-state index in [9.17, 15) is 30.7 Å². The van der Waals surface area contributed by atoms with E-state index in [0.717, 1.165) is 12.1 Å². The summed E-state index contributed by atoms with van der Waals surface area (Å²) in [6, 6.07) is 5.47. The van der Waals surface area contributed by atoms with Gasteiger partial charge in [-0.3, -0.25) is 0 Å². The Hall–Kier alpha value is -1.47. The van der Waals surface area contributed by atoms with E-state index in [1.54, 1.807) is 0 Å². The Morgan fingerprint density at radius 3 is 1.83 bits per heavy atom. The summed E-state index contributed by atoms with van der Waals surface area (Å²) in [6.45, 7) is -2.92. The molecule has 0 bridgehead atoms. The third kappa shape index (κ3) is 2.51. The molecule has 0 saturated heterocycles. The SMILES string of the molecule is FCC(F)(F)C(F)(F)C(F)(F)Oc1ccccc1. The van der Waals surface area contributed by atoms with Crippen molar-refractivity contribution in [1.82, 2.24) is 0 Å². The summed E-state index contributed by atoms with van der Waals surface area (Å²) >= 11 is 0. The molecule has 0 aliphatic rings. The van der Waals surface area contributed by atoms with Gasteiger partial charge in [0.25, 0.3) is 0 Å². The Morgan fingerprint density at radius 1 is 0.889 bits per heavy atom. The zero-order valence-corrected chi connectivity index (χ0v) is 8.65. The van der Waals surface area contributed by atoms with Crippen LogP contribution in [-0.2, 0) is 0 Å². The van der Waals surface area contributed by atoms with Crippen molar-refractivity contribution in [3.05, 3.63) is 30.3 Å². The van der Waals surface area contributed by atoms with Gasteiger partial charge >= 0.3 is 18.0 Å². The number of rotatable bonds is 5. The smallest absolute Gasteiger partial charge is 0.428 e. The van der Waals surface area contributed by atoms with Crippen LogP contribution in [0.3, 0.4) is 0 Å². The van der Waals surface area contributed by atoms with Crippen molar-refractivity contribution in [3.8, 4) is 5.75 Å². The standard InChI is InChI=1S/C10H7F7O/c11-6-8(12,13)9(14,15)10(16,17)18-7-4-2-1-3-5-7/h1-5H,6H2. The highest BCUT2D eigenvalue weighted by Crippen LogP contribution is 2.46. The molecule has 0 aliphatic heterocycles. The fraction of sp³-hybridized carbons (Fsp3) is 0.400. The zero-order valence-electron chi connectivity index (χ0n) is 8.65. The molecule has 1 aromatic carbocycles. The van der Waals surface area contributed by atoms with E-state index in [1.165, 1.54) is 18.2 Å². The van der Waals surface area contributed by atoms with Crippen LogP contribution >= 0.6 is 0 Å². The molecule has 1 aromatic rings. The predicted molar refractivity (Wildman–Crippen MR) is 47.9 cm³/mol. The molecule has 0 fully saturated rings. The Balaban J connectivity index is 2.99. The average Bonchev–Trinajstić information content (AvgIpc) is 2.29. The molecule has 0 aromatic heterocycles. The largest absolute Gasteiger partial charge is 0.471 e. The summed E-state index contributed by atoms with van der Waals surface area (Å²) in [5.41, 5.74) is 0. The first-order valence-corrected chi connectivity index (χ1v) is 4.57. The third-order valence-electron chi connectivity index (χ3n) is 1.98. The molecule has 18 heavy (non-hydrogen) atoms. The van der Waals surface area contributed by atoms with Crippen molar-refractivity contribution < 1.29 is 35.5 Å². The Morgan fingerprint density at radius 2 is 1.39 bits per heavy atom. The molecular weight excluding hydrogens is 269 g/mol. The Labute approximate surface area is 97.2 Å². The van der Waals surface area contributed by atoms with Crippen molar-refractivity contribution in [1.29, 1.82) is 0 Å². The minimum atomic E-state index is -5.97. The molecule has 0 amide bonds. The number of ether oxygens (including phenoxy) is 1. The summed E-state index contributed by atoms with van der Waals surface area (Å²) in [7, 11) is 0. The maximum absolute atomic E-state index is 13.0. The van der Waals surface area contributed by atoms with Crippen molar-refractivity contribution in [2.24, 2.45) is 0 Å². The van der Waals surface area contributed by atoms with Crippen LogP contribution in [0.5, 0.6) is 5.75 Å². The molecular formula is C10H7F7O. The van der Waals surface area contributed by atoms with E-state index in [-0.39, 0.29) is 0 Å². The molecule has 0 heterocycles. The normalized spacial score (nSPS) is 13.5. The maximum atomic E-state index is 13.0. The van der Waals surface area contributed by atoms with Gasteiger partial charge in [-0.25, -0.2) is 4.39 Å². The van der Waals surface area contributed by atoms with Gasteiger partial charge in [-0.2, -0.15) is 26.3 Å². The summed E-state index contributed by atoms with van der Waals surface area (Å²) in [6.07, 6.45) is -5.54. The van der Waals surface area contributed by atoms with E-state index in [2.05, 4.69) is 4.74 Å². The van der Waals surface area contributed by atoms with Crippen molar-refractivity contribution in [3.63, 3.8) is 0 Å². The maximum Gasteiger partial charge on any atom is 0.471 e. The van der Waals surface area contributed by atoms with Gasteiger partial charge in [0.05, 0.1) is 0 Å². The minimum Gasteiger partial charge on any atom is -0.428 e. The molecule has 0 atom stereocenters. The number of alkyl halides is 7. The van der Waals surface area contributed by atoms with E-state index in [1.807, 2.05) is 0 Å². The van der Waals surface area contributed by atoms with Gasteiger partial charge < -0.3 is 4.74 Å². The van der Waals surface area contributed by atoms with Crippen molar-refractivity contribution in [2.45, 2.75) is 18.0 Å². The third-order valence-corrected chi connectivity index (χ3v) is 1.98. The Kier molecular flexibility index (Phi) is 3.78. The first kappa shape index (κ1) is 14.6. The van der Waals surface area contributed by atoms with Crippen LogP contribution in [0.25, 0.3) is 0 Å². The summed E-state index contributed by atoms with van der Waals surface area (Å²) < 4.78 is 91.6. The molecule has 0 aliphatic carbocycles. The van der Waals surface area contributed by atoms with Crippen LogP contribution in [-0.4, -0.2) is 24.6 Å². The molecule has 0 unspecified atom stereocenters. The van der Waals surface area contributed by atoms with Gasteiger partial charge in [0, 0.05) is 0 Å². The monoisotopic (exact) mass is 276 g/mol. The fourth-order valence-corrected chi connectivity index (χ4v) is 0.997. The fourth-order valence-electron chi connectivity index (χ4n) is 0.997. The van der Waals surface area contributed by atoms with Crippen LogP contribution in [0.4, 0.5) is 30.7 Å². The lowest BCUT2D eigenvalue weighted by Crippen LogP contribution is -2.57. The first-order valence-electron chi connectivity index (χ1n) is 4.57. The molecule has 0 N–H and O–H groups in total. The molecule has 0 saturated carbocycles. The van der Waals surface area contributed by atoms with Gasteiger partial charge in [-0.05, 0) is 12.1 Å². The number of benzene rings is 1. The second-order valence-corrected chi connectivity index (χ2v) is 3.34. The van der Waals surface area contributed by atoms with Gasteiger partial charge in [0.2, 0.25) is 0 Å². The topological polar surface area (TPSA) is 9.23 Å². The quantitative estimate of drug-likeness (QED) is 0.741. The van der Waals surface area contributed by atoms with Crippen LogP contribution in [0.15, 0.2) is 30.3 Å². The van der Waals surface area contributed by atoms with Crippen molar-refractivity contribution >= 4 is 0 Å². The van der Waals surface area contributed by atoms with E-state index >= 15 is 0 Å². The van der Waals surface area contributed by atoms with Gasteiger partial charge in [0.15, 0.2) is 6.67 Å². The van der Waals surface area contributed by atoms with Crippen LogP contribution in [0.2, 0.25) is 0 Å². The highest BCUT2D eigenvalue weighted by molar-refractivity contribution is 5.21. The summed E-state index contributed by atoms with van der Waals surface area (Å²) in [4.78, 5) is 0. The van der Waals surface area contributed by atoms with E-state index in [0.29, 0.717) is 0 Å². The van der Waals surface area contributed by atoms with Crippen LogP contribution in [0.1, 0.15) is 0 Å². The second-order valence-electron chi connectivity index (χ2n) is 3.34. The Bertz CT molecular complexity index is 390. The lowest BCUT2D eigenvalue weighted by Gasteiger charge is -2.30. The van der Waals surface area contributed by atoms with E-state index < -0.39 is 30.4 Å². The number of hydrogen-bond donors (Lipinski definition) is 0. The average molecular weight is 276 g/mol. The lowest BCUT2D eigenvalue weighted by molar-refractivity contribution is -0.373. The minimum absolute atomic E-state index is 0.739. The molecule has 102 valence electrons. The lowest BCUT2D eigenvalue weighted by atomic mass is 10.1. The van der Waals surface area contributed by atoms with Crippen LogP contribution in [0, 0.1) is 0 Å². The molecule has 8 heteroatoms. The first-order chi connectivity index (χ1) is 8.14. The molecule has 0 spiro atoms. The molecule has 1 nitrogen and oxygen atoms in total. The highest BCUT2D eigenvalue weighted by Gasteiger charge is 2.74. The summed E-state index contributed by atoms with van der Waals surface area (Å²) in [5.74, 6) is -12.2. The van der Waals surface area contributed by atoms with Gasteiger partial charge in [-0.1, -0.05) is 18.2 Å². The number of hydrogen-bond acceptors (Lipinski definition) is 1. The number of halogens is 7. The molecule has 0 radical (unpaired) electrons. The highest BCUT2D eigenvalue weighted by atomic mass is 19.4. The zero-order chi connectivity index (χ0) is 14.0. The predicted octanol–water partition coefficient (Wildman–Crippen LogP) is 3.90. The summed E-state index contributed by atoms with van der Waals surface area (Å²) in [5, 5.41) is 0. The second kappa shape index (κ2) is 4.66. The van der Waals surface area contributed by atoms with Crippen LogP contribution < -0.4 is 4.74 Å². The molecule has 1 rings (SSSR count). The van der Waals surface area contributed by atoms with Crippen molar-refractivity contribution in [2.75, 3.05) is 6.67 Å². The van der Waals surface area contributed by atoms with Gasteiger partial charge in [0.1, 0.15) is 5.75 Å². The number of para-hydroxylation sites is 1. The van der Waals surface area contributed by atoms with E-state index in [4.69, 9.17) is 0 Å². The van der Waals surface area contributed by atoms with Gasteiger partial charge in [-0.15, -0.1) is 0 Å².